The predicted molar refractivity (Wildman–Crippen MR) is 56.5 cm³/mol. The summed E-state index contributed by atoms with van der Waals surface area (Å²) in [6.07, 6.45) is 0.665. The van der Waals surface area contributed by atoms with Crippen LogP contribution in [0, 0.1) is 5.92 Å². The lowest BCUT2D eigenvalue weighted by Crippen LogP contribution is -2.36. The Balaban J connectivity index is 4.30. The van der Waals surface area contributed by atoms with Crippen LogP contribution in [0.1, 0.15) is 13.3 Å². The van der Waals surface area contributed by atoms with Crippen molar-refractivity contribution in [3.63, 3.8) is 0 Å². The minimum atomic E-state index is -3.58. The van der Waals surface area contributed by atoms with E-state index in [4.69, 9.17) is 0 Å². The van der Waals surface area contributed by atoms with Crippen molar-refractivity contribution in [2.75, 3.05) is 20.4 Å². The number of nitrogens with zero attached hydrogens (tertiary/aromatic N) is 1. The summed E-state index contributed by atoms with van der Waals surface area (Å²) in [4.78, 5) is 27.3. The molecule has 0 spiro atoms. The quantitative estimate of drug-likeness (QED) is 0.641. The van der Waals surface area contributed by atoms with Crippen LogP contribution in [0.15, 0.2) is 0 Å². The van der Waals surface area contributed by atoms with Crippen LogP contribution in [0.2, 0.25) is 0 Å². The fraction of sp³-hybridized carbons (Fsp3) is 0.750. The number of nitrogens with one attached hydrogen (secondary N) is 1. The molecule has 1 atom stereocenters. The molecule has 0 unspecified atom stereocenters. The molecule has 0 aliphatic heterocycles. The van der Waals surface area contributed by atoms with E-state index in [1.165, 1.54) is 21.1 Å². The fourth-order valence-corrected chi connectivity index (χ4v) is 1.51. The van der Waals surface area contributed by atoms with Crippen LogP contribution in [0.5, 0.6) is 0 Å². The monoisotopic (exact) mass is 252 g/mol. The molecule has 2 amide bonds. The van der Waals surface area contributed by atoms with Crippen LogP contribution < -0.4 is 4.72 Å². The highest BCUT2D eigenvalue weighted by atomic mass is 32.2. The van der Waals surface area contributed by atoms with Gasteiger partial charge in [0.2, 0.25) is 21.8 Å². The van der Waals surface area contributed by atoms with Crippen LogP contribution in [0.25, 0.3) is 0 Å². The highest BCUT2D eigenvalue weighted by molar-refractivity contribution is 7.89. The molecular weight excluding hydrogens is 236 g/mol. The van der Waals surface area contributed by atoms with Gasteiger partial charge in [0.1, 0.15) is 0 Å². The Kier molecular flexibility index (Phi) is 5.39. The second-order valence-corrected chi connectivity index (χ2v) is 5.17. The topological polar surface area (TPSA) is 92.8 Å². The van der Waals surface area contributed by atoms with Crippen molar-refractivity contribution in [2.45, 2.75) is 13.3 Å². The van der Waals surface area contributed by atoms with Gasteiger partial charge in [-0.05, 0) is 0 Å². The molecule has 16 heavy (non-hydrogen) atoms. The van der Waals surface area contributed by atoms with Crippen LogP contribution >= 0.6 is 0 Å². The summed E-state index contributed by atoms with van der Waals surface area (Å²) in [5.74, 6) is -1.76. The number of rotatable bonds is 5. The molecule has 0 bridgehead atoms. The standard InChI is InChI=1S/C8H16N2O5S/c1-6(8(12)10(2)15-3)5-7(11)9-16(4,13)14/h6H,5H2,1-4H3,(H,9,11)/t6-/m0/s1. The highest BCUT2D eigenvalue weighted by Gasteiger charge is 2.21. The van der Waals surface area contributed by atoms with Crippen LogP contribution in [0.4, 0.5) is 0 Å². The van der Waals surface area contributed by atoms with Crippen molar-refractivity contribution in [3.05, 3.63) is 0 Å². The van der Waals surface area contributed by atoms with E-state index in [1.54, 1.807) is 4.72 Å². The van der Waals surface area contributed by atoms with Crippen LogP contribution in [-0.2, 0) is 24.4 Å². The van der Waals surface area contributed by atoms with Gasteiger partial charge in [0.25, 0.3) is 0 Å². The van der Waals surface area contributed by atoms with E-state index in [0.29, 0.717) is 0 Å². The number of hydrogen-bond acceptors (Lipinski definition) is 5. The third-order valence-electron chi connectivity index (χ3n) is 1.80. The van der Waals surface area contributed by atoms with Crippen molar-refractivity contribution < 1.29 is 22.8 Å². The lowest BCUT2D eigenvalue weighted by molar-refractivity contribution is -0.173. The molecule has 94 valence electrons. The zero-order valence-electron chi connectivity index (χ0n) is 9.68. The molecule has 0 aromatic heterocycles. The largest absolute Gasteiger partial charge is 0.275 e. The molecule has 8 heteroatoms. The molecular formula is C8H16N2O5S. The van der Waals surface area contributed by atoms with E-state index >= 15 is 0 Å². The molecule has 0 saturated heterocycles. The third kappa shape index (κ3) is 5.66. The summed E-state index contributed by atoms with van der Waals surface area (Å²) in [6, 6.07) is 0. The minimum absolute atomic E-state index is 0.209. The zero-order chi connectivity index (χ0) is 12.9. The second-order valence-electron chi connectivity index (χ2n) is 3.42. The van der Waals surface area contributed by atoms with Gasteiger partial charge in [-0.25, -0.2) is 13.5 Å². The first-order valence-electron chi connectivity index (χ1n) is 4.49. The van der Waals surface area contributed by atoms with Gasteiger partial charge < -0.3 is 0 Å². The molecule has 0 aromatic carbocycles. The van der Waals surface area contributed by atoms with Crippen LogP contribution in [-0.4, -0.2) is 45.7 Å². The first-order valence-corrected chi connectivity index (χ1v) is 6.38. The van der Waals surface area contributed by atoms with Gasteiger partial charge in [-0.1, -0.05) is 6.92 Å². The number of carbonyl (C=O) groups excluding carboxylic acids is 2. The van der Waals surface area contributed by atoms with Gasteiger partial charge in [0, 0.05) is 19.4 Å². The zero-order valence-corrected chi connectivity index (χ0v) is 10.5. The normalized spacial score (nSPS) is 13.0. The lowest BCUT2D eigenvalue weighted by Gasteiger charge is -2.18. The van der Waals surface area contributed by atoms with E-state index in [0.717, 1.165) is 11.3 Å². The Labute approximate surface area is 94.8 Å². The van der Waals surface area contributed by atoms with Crippen molar-refractivity contribution >= 4 is 21.8 Å². The summed E-state index contributed by atoms with van der Waals surface area (Å²) in [5, 5.41) is 0.985. The van der Waals surface area contributed by atoms with Gasteiger partial charge in [-0.3, -0.25) is 19.1 Å². The van der Waals surface area contributed by atoms with Crippen molar-refractivity contribution in [1.29, 1.82) is 0 Å². The van der Waals surface area contributed by atoms with Gasteiger partial charge in [0.05, 0.1) is 13.4 Å². The molecule has 0 heterocycles. The average Bonchev–Trinajstić information content (AvgIpc) is 2.12. The van der Waals surface area contributed by atoms with Gasteiger partial charge in [0.15, 0.2) is 0 Å². The molecule has 0 rings (SSSR count). The Morgan fingerprint density at radius 2 is 1.94 bits per heavy atom. The van der Waals surface area contributed by atoms with E-state index in [9.17, 15) is 18.0 Å². The van der Waals surface area contributed by atoms with Gasteiger partial charge >= 0.3 is 0 Å². The molecule has 0 aliphatic carbocycles. The van der Waals surface area contributed by atoms with E-state index < -0.39 is 27.8 Å². The molecule has 7 nitrogen and oxygen atoms in total. The number of hydrogen-bond donors (Lipinski definition) is 1. The molecule has 0 aromatic rings. The van der Waals surface area contributed by atoms with E-state index in [-0.39, 0.29) is 6.42 Å². The fourth-order valence-electron chi connectivity index (χ4n) is 1.01. The third-order valence-corrected chi connectivity index (χ3v) is 2.40. The number of sulfonamides is 1. The maximum Gasteiger partial charge on any atom is 0.249 e. The van der Waals surface area contributed by atoms with Crippen molar-refractivity contribution in [1.82, 2.24) is 9.79 Å². The van der Waals surface area contributed by atoms with Crippen LogP contribution in [0.3, 0.4) is 0 Å². The summed E-state index contributed by atoms with van der Waals surface area (Å²) in [6.45, 7) is 1.51. The van der Waals surface area contributed by atoms with Gasteiger partial charge in [-0.2, -0.15) is 0 Å². The first-order chi connectivity index (χ1) is 7.17. The summed E-state index contributed by atoms with van der Waals surface area (Å²) in [7, 11) is -0.846. The smallest absolute Gasteiger partial charge is 0.249 e. The summed E-state index contributed by atoms with van der Waals surface area (Å²) in [5.41, 5.74) is 0. The first kappa shape index (κ1) is 14.8. The lowest BCUT2D eigenvalue weighted by atomic mass is 10.1. The Morgan fingerprint density at radius 1 is 1.44 bits per heavy atom. The molecule has 0 aliphatic rings. The molecule has 0 saturated carbocycles. The Morgan fingerprint density at radius 3 is 2.31 bits per heavy atom. The Hall–Kier alpha value is -1.15. The molecule has 0 radical (unpaired) electrons. The number of carbonyl (C=O) groups is 2. The van der Waals surface area contributed by atoms with E-state index in [2.05, 4.69) is 4.84 Å². The Bertz CT molecular complexity index is 365. The van der Waals surface area contributed by atoms with Crippen molar-refractivity contribution in [3.8, 4) is 0 Å². The molecule has 0 fully saturated rings. The molecule has 1 N–H and O–H groups in total. The second kappa shape index (κ2) is 5.80. The maximum atomic E-state index is 11.4. The predicted octanol–water partition coefficient (Wildman–Crippen LogP) is -0.892. The highest BCUT2D eigenvalue weighted by Crippen LogP contribution is 2.06. The van der Waals surface area contributed by atoms with Crippen molar-refractivity contribution in [2.24, 2.45) is 5.92 Å². The SMILES string of the molecule is CON(C)C(=O)[C@@H](C)CC(=O)NS(C)(=O)=O. The maximum absolute atomic E-state index is 11.4. The average molecular weight is 252 g/mol. The number of amides is 2. The minimum Gasteiger partial charge on any atom is -0.275 e. The summed E-state index contributed by atoms with van der Waals surface area (Å²) >= 11 is 0. The van der Waals surface area contributed by atoms with E-state index in [1.807, 2.05) is 0 Å². The number of hydroxylamine groups is 2. The summed E-state index contributed by atoms with van der Waals surface area (Å²) < 4.78 is 23.2. The van der Waals surface area contributed by atoms with Gasteiger partial charge in [-0.15, -0.1) is 0 Å².